The fourth-order valence-corrected chi connectivity index (χ4v) is 3.37. The molecule has 0 radical (unpaired) electrons. The van der Waals surface area contributed by atoms with Crippen LogP contribution in [0, 0.1) is 0 Å². The number of rotatable bonds is 7. The van der Waals surface area contributed by atoms with Crippen LogP contribution in [0.3, 0.4) is 0 Å². The van der Waals surface area contributed by atoms with E-state index in [2.05, 4.69) is 50.9 Å². The molecule has 0 fully saturated rings. The van der Waals surface area contributed by atoms with Crippen molar-refractivity contribution in [1.29, 1.82) is 0 Å². The van der Waals surface area contributed by atoms with Gasteiger partial charge in [-0.2, -0.15) is 0 Å². The smallest absolute Gasteiger partial charge is 0.251 e. The van der Waals surface area contributed by atoms with Crippen LogP contribution in [0.1, 0.15) is 35.9 Å². The van der Waals surface area contributed by atoms with Crippen LogP contribution in [-0.4, -0.2) is 22.0 Å². The first-order valence-corrected chi connectivity index (χ1v) is 9.46. The highest BCUT2D eigenvalue weighted by Crippen LogP contribution is 2.17. The van der Waals surface area contributed by atoms with Gasteiger partial charge in [-0.05, 0) is 43.2 Å². The molecule has 1 N–H and O–H groups in total. The van der Waals surface area contributed by atoms with Gasteiger partial charge >= 0.3 is 0 Å². The zero-order chi connectivity index (χ0) is 17.6. The second-order valence-corrected chi connectivity index (χ2v) is 6.95. The summed E-state index contributed by atoms with van der Waals surface area (Å²) in [4.78, 5) is 16.9. The molecule has 0 aliphatic carbocycles. The first-order valence-electron chi connectivity index (χ1n) is 8.67. The molecule has 0 aliphatic heterocycles. The van der Waals surface area contributed by atoms with E-state index < -0.39 is 0 Å². The number of fused-ring (bicyclic) bond motifs is 1. The number of benzene rings is 2. The van der Waals surface area contributed by atoms with E-state index in [1.54, 1.807) is 0 Å². The van der Waals surface area contributed by atoms with E-state index >= 15 is 0 Å². The quantitative estimate of drug-likeness (QED) is 0.591. The molecule has 0 aliphatic rings. The largest absolute Gasteiger partial charge is 0.352 e. The van der Waals surface area contributed by atoms with Crippen molar-refractivity contribution in [3.05, 3.63) is 64.4 Å². The first-order chi connectivity index (χ1) is 12.2. The van der Waals surface area contributed by atoms with Crippen LogP contribution < -0.4 is 5.32 Å². The molecule has 0 saturated carbocycles. The number of hydrogen-bond donors (Lipinski definition) is 1. The van der Waals surface area contributed by atoms with Gasteiger partial charge in [-0.25, -0.2) is 4.98 Å². The molecule has 4 nitrogen and oxygen atoms in total. The van der Waals surface area contributed by atoms with Crippen LogP contribution in [0.25, 0.3) is 11.0 Å². The summed E-state index contributed by atoms with van der Waals surface area (Å²) >= 11 is 3.39. The third-order valence-electron chi connectivity index (χ3n) is 4.13. The number of hydrogen-bond acceptors (Lipinski definition) is 2. The Bertz CT molecular complexity index is 872. The van der Waals surface area contributed by atoms with Gasteiger partial charge in [0.2, 0.25) is 0 Å². The summed E-state index contributed by atoms with van der Waals surface area (Å²) in [5.74, 6) is 1.06. The minimum absolute atomic E-state index is 0.0386. The van der Waals surface area contributed by atoms with Gasteiger partial charge in [0.15, 0.2) is 0 Å². The van der Waals surface area contributed by atoms with Gasteiger partial charge in [0.1, 0.15) is 5.82 Å². The number of halogens is 1. The molecule has 0 saturated heterocycles. The highest BCUT2D eigenvalue weighted by Gasteiger charge is 2.10. The predicted octanol–water partition coefficient (Wildman–Crippen LogP) is 4.57. The van der Waals surface area contributed by atoms with E-state index in [0.29, 0.717) is 12.1 Å². The van der Waals surface area contributed by atoms with Crippen molar-refractivity contribution in [2.75, 3.05) is 6.54 Å². The maximum atomic E-state index is 12.2. The van der Waals surface area contributed by atoms with Crippen LogP contribution in [0.2, 0.25) is 0 Å². The van der Waals surface area contributed by atoms with E-state index in [4.69, 9.17) is 4.98 Å². The van der Waals surface area contributed by atoms with Crippen molar-refractivity contribution >= 4 is 32.9 Å². The average Bonchev–Trinajstić information content (AvgIpc) is 2.97. The van der Waals surface area contributed by atoms with Gasteiger partial charge in [-0.15, -0.1) is 0 Å². The van der Waals surface area contributed by atoms with Gasteiger partial charge in [0.05, 0.1) is 11.0 Å². The van der Waals surface area contributed by atoms with Gasteiger partial charge in [-0.3, -0.25) is 4.79 Å². The number of aryl methyl sites for hydroxylation is 2. The molecule has 0 bridgehead atoms. The maximum absolute atomic E-state index is 12.2. The third-order valence-corrected chi connectivity index (χ3v) is 4.62. The SMILES string of the molecule is CCCn1c(CCCNC(=O)c2cccc(Br)c2)nc2ccccc21. The number of aromatic nitrogens is 2. The molecule has 3 aromatic rings. The van der Waals surface area contributed by atoms with E-state index in [9.17, 15) is 4.79 Å². The number of para-hydroxylation sites is 2. The number of amides is 1. The van der Waals surface area contributed by atoms with Crippen LogP contribution >= 0.6 is 15.9 Å². The predicted molar refractivity (Wildman–Crippen MR) is 105 cm³/mol. The lowest BCUT2D eigenvalue weighted by molar-refractivity contribution is 0.0953. The Morgan fingerprint density at radius 3 is 2.84 bits per heavy atom. The number of imidazole rings is 1. The minimum atomic E-state index is -0.0386. The molecule has 1 aromatic heterocycles. The van der Waals surface area contributed by atoms with Gasteiger partial charge in [-0.1, -0.05) is 41.1 Å². The normalized spacial score (nSPS) is 11.0. The Morgan fingerprint density at radius 1 is 1.20 bits per heavy atom. The van der Waals surface area contributed by atoms with Crippen LogP contribution in [0.5, 0.6) is 0 Å². The zero-order valence-corrected chi connectivity index (χ0v) is 15.9. The fourth-order valence-electron chi connectivity index (χ4n) is 2.97. The Kier molecular flexibility index (Phi) is 5.87. The van der Waals surface area contributed by atoms with Crippen molar-refractivity contribution in [2.24, 2.45) is 0 Å². The number of carbonyl (C=O) groups is 1. The van der Waals surface area contributed by atoms with Gasteiger partial charge < -0.3 is 9.88 Å². The summed E-state index contributed by atoms with van der Waals surface area (Å²) in [6.07, 6.45) is 2.80. The average molecular weight is 400 g/mol. The molecule has 1 amide bonds. The Balaban J connectivity index is 1.59. The molecule has 130 valence electrons. The summed E-state index contributed by atoms with van der Waals surface area (Å²) in [5.41, 5.74) is 2.91. The highest BCUT2D eigenvalue weighted by molar-refractivity contribution is 9.10. The fraction of sp³-hybridized carbons (Fsp3) is 0.300. The summed E-state index contributed by atoms with van der Waals surface area (Å²) in [6.45, 7) is 3.79. The van der Waals surface area contributed by atoms with E-state index in [1.807, 2.05) is 30.3 Å². The van der Waals surface area contributed by atoms with Crippen molar-refractivity contribution in [3.63, 3.8) is 0 Å². The maximum Gasteiger partial charge on any atom is 0.251 e. The second-order valence-electron chi connectivity index (χ2n) is 6.04. The minimum Gasteiger partial charge on any atom is -0.352 e. The van der Waals surface area contributed by atoms with Crippen molar-refractivity contribution in [2.45, 2.75) is 32.7 Å². The molecule has 0 atom stereocenters. The lowest BCUT2D eigenvalue weighted by atomic mass is 10.2. The van der Waals surface area contributed by atoms with Crippen molar-refractivity contribution < 1.29 is 4.79 Å². The molecule has 5 heteroatoms. The number of nitrogens with zero attached hydrogens (tertiary/aromatic N) is 2. The third kappa shape index (κ3) is 4.28. The van der Waals surface area contributed by atoms with Crippen LogP contribution in [0.4, 0.5) is 0 Å². The summed E-state index contributed by atoms with van der Waals surface area (Å²) in [7, 11) is 0. The molecule has 25 heavy (non-hydrogen) atoms. The Morgan fingerprint density at radius 2 is 2.04 bits per heavy atom. The van der Waals surface area contributed by atoms with Crippen LogP contribution in [0.15, 0.2) is 53.0 Å². The van der Waals surface area contributed by atoms with E-state index in [0.717, 1.165) is 41.6 Å². The molecule has 0 spiro atoms. The summed E-state index contributed by atoms with van der Waals surface area (Å²) < 4.78 is 3.21. The number of carbonyl (C=O) groups excluding carboxylic acids is 1. The monoisotopic (exact) mass is 399 g/mol. The molecule has 2 aromatic carbocycles. The van der Waals surface area contributed by atoms with Crippen molar-refractivity contribution in [3.8, 4) is 0 Å². The molecular weight excluding hydrogens is 378 g/mol. The van der Waals surface area contributed by atoms with Gasteiger partial charge in [0.25, 0.3) is 5.91 Å². The lowest BCUT2D eigenvalue weighted by Crippen LogP contribution is -2.25. The molecular formula is C20H22BrN3O. The summed E-state index contributed by atoms with van der Waals surface area (Å²) in [6, 6.07) is 15.7. The topological polar surface area (TPSA) is 46.9 Å². The Labute approximate surface area is 156 Å². The lowest BCUT2D eigenvalue weighted by Gasteiger charge is -2.08. The van der Waals surface area contributed by atoms with Gasteiger partial charge in [0, 0.05) is 29.5 Å². The highest BCUT2D eigenvalue weighted by atomic mass is 79.9. The first kappa shape index (κ1) is 17.7. The number of nitrogens with one attached hydrogen (secondary N) is 1. The van der Waals surface area contributed by atoms with E-state index in [1.165, 1.54) is 5.52 Å². The summed E-state index contributed by atoms with van der Waals surface area (Å²) in [5, 5.41) is 2.98. The van der Waals surface area contributed by atoms with E-state index in [-0.39, 0.29) is 5.91 Å². The van der Waals surface area contributed by atoms with Crippen molar-refractivity contribution in [1.82, 2.24) is 14.9 Å². The zero-order valence-electron chi connectivity index (χ0n) is 14.3. The standard InChI is InChI=1S/C20H22BrN3O/c1-2-13-24-18-10-4-3-9-17(18)23-19(24)11-6-12-22-20(25)15-7-5-8-16(21)14-15/h3-5,7-10,14H,2,6,11-13H2,1H3,(H,22,25). The van der Waals surface area contributed by atoms with Crippen LogP contribution in [-0.2, 0) is 13.0 Å². The molecule has 1 heterocycles. The molecule has 3 rings (SSSR count). The second kappa shape index (κ2) is 8.30. The molecule has 0 unspecified atom stereocenters. The Hall–Kier alpha value is -2.14.